The molecule has 3 rings (SSSR count). The van der Waals surface area contributed by atoms with Gasteiger partial charge in [0.1, 0.15) is 12.4 Å². The van der Waals surface area contributed by atoms with Crippen LogP contribution in [-0.4, -0.2) is 29.4 Å². The molecule has 29 heavy (non-hydrogen) atoms. The Hall–Kier alpha value is -2.52. The Bertz CT molecular complexity index is 862. The zero-order chi connectivity index (χ0) is 21.2. The molecule has 0 bridgehead atoms. The SMILES string of the molecule is CC1(C)OB(c2cnc(NC(=O)OCc3ccccc3)c(C(F)F)c2)OC1(C)C. The van der Waals surface area contributed by atoms with Crippen LogP contribution in [-0.2, 0) is 20.7 Å². The minimum absolute atomic E-state index is 0.0166. The highest BCUT2D eigenvalue weighted by atomic mass is 19.3. The lowest BCUT2D eigenvalue weighted by Crippen LogP contribution is -2.41. The lowest BCUT2D eigenvalue weighted by Gasteiger charge is -2.32. The van der Waals surface area contributed by atoms with Gasteiger partial charge in [-0.05, 0) is 39.3 Å². The topological polar surface area (TPSA) is 69.7 Å². The third-order valence-corrected chi connectivity index (χ3v) is 5.13. The van der Waals surface area contributed by atoms with Crippen LogP contribution in [0.1, 0.15) is 45.2 Å². The van der Waals surface area contributed by atoms with Crippen molar-refractivity contribution in [3.63, 3.8) is 0 Å². The number of rotatable bonds is 5. The van der Waals surface area contributed by atoms with Crippen LogP contribution in [0.5, 0.6) is 0 Å². The summed E-state index contributed by atoms with van der Waals surface area (Å²) in [6.45, 7) is 7.49. The molecule has 1 aliphatic rings. The second-order valence-corrected chi connectivity index (χ2v) is 7.78. The smallest absolute Gasteiger partial charge is 0.444 e. The number of alkyl halides is 2. The van der Waals surface area contributed by atoms with Gasteiger partial charge in [0.25, 0.3) is 6.43 Å². The van der Waals surface area contributed by atoms with Crippen molar-refractivity contribution < 1.29 is 27.6 Å². The number of hydrogen-bond donors (Lipinski definition) is 1. The number of nitrogens with zero attached hydrogens (tertiary/aromatic N) is 1. The maximum Gasteiger partial charge on any atom is 0.496 e. The number of benzene rings is 1. The highest BCUT2D eigenvalue weighted by Gasteiger charge is 2.52. The fraction of sp³-hybridized carbons (Fsp3) is 0.400. The van der Waals surface area contributed by atoms with Crippen LogP contribution in [0, 0.1) is 0 Å². The highest BCUT2D eigenvalue weighted by molar-refractivity contribution is 6.62. The van der Waals surface area contributed by atoms with Crippen molar-refractivity contribution in [2.24, 2.45) is 0 Å². The summed E-state index contributed by atoms with van der Waals surface area (Å²) in [5.74, 6) is -0.265. The summed E-state index contributed by atoms with van der Waals surface area (Å²) in [6, 6.07) is 10.3. The van der Waals surface area contributed by atoms with Gasteiger partial charge >= 0.3 is 13.2 Å². The molecule has 9 heteroatoms. The third kappa shape index (κ3) is 4.73. The van der Waals surface area contributed by atoms with Gasteiger partial charge in [-0.25, -0.2) is 18.6 Å². The Morgan fingerprint density at radius 1 is 1.17 bits per heavy atom. The van der Waals surface area contributed by atoms with Gasteiger partial charge in [-0.2, -0.15) is 0 Å². The van der Waals surface area contributed by atoms with Gasteiger partial charge in [-0.1, -0.05) is 30.3 Å². The van der Waals surface area contributed by atoms with E-state index in [-0.39, 0.29) is 12.4 Å². The van der Waals surface area contributed by atoms with Crippen molar-refractivity contribution in [3.05, 3.63) is 53.7 Å². The van der Waals surface area contributed by atoms with Crippen LogP contribution in [0.3, 0.4) is 0 Å². The molecule has 1 fully saturated rings. The first-order chi connectivity index (χ1) is 13.6. The van der Waals surface area contributed by atoms with Crippen LogP contribution in [0.2, 0.25) is 0 Å². The van der Waals surface area contributed by atoms with E-state index >= 15 is 0 Å². The maximum absolute atomic E-state index is 13.6. The van der Waals surface area contributed by atoms with E-state index in [1.807, 2.05) is 45.9 Å². The molecule has 1 aromatic carbocycles. The molecule has 0 aliphatic carbocycles. The molecular weight excluding hydrogens is 381 g/mol. The number of anilines is 1. The van der Waals surface area contributed by atoms with Crippen LogP contribution in [0.25, 0.3) is 0 Å². The fourth-order valence-corrected chi connectivity index (χ4v) is 2.73. The minimum Gasteiger partial charge on any atom is -0.444 e. The Balaban J connectivity index is 1.72. The van der Waals surface area contributed by atoms with Crippen LogP contribution in [0.4, 0.5) is 19.4 Å². The number of carbonyl (C=O) groups excluding carboxylic acids is 1. The van der Waals surface area contributed by atoms with E-state index in [4.69, 9.17) is 14.0 Å². The van der Waals surface area contributed by atoms with Crippen molar-refractivity contribution >= 4 is 24.5 Å². The highest BCUT2D eigenvalue weighted by Crippen LogP contribution is 2.36. The van der Waals surface area contributed by atoms with Gasteiger partial charge in [-0.15, -0.1) is 0 Å². The number of aromatic nitrogens is 1. The molecule has 2 heterocycles. The lowest BCUT2D eigenvalue weighted by atomic mass is 9.79. The molecule has 0 atom stereocenters. The number of carbonyl (C=O) groups is 1. The minimum atomic E-state index is -2.85. The number of halogens is 2. The normalized spacial score (nSPS) is 17.4. The molecule has 1 saturated heterocycles. The van der Waals surface area contributed by atoms with E-state index in [1.54, 1.807) is 12.1 Å². The molecular formula is C20H23BF2N2O4. The predicted octanol–water partition coefficient (Wildman–Crippen LogP) is 4.07. The number of pyridine rings is 1. The molecule has 0 saturated carbocycles. The molecule has 154 valence electrons. The second kappa shape index (κ2) is 8.08. The Morgan fingerprint density at radius 2 is 1.79 bits per heavy atom. The van der Waals surface area contributed by atoms with Gasteiger partial charge in [-0.3, -0.25) is 5.32 Å². The quantitative estimate of drug-likeness (QED) is 0.761. The monoisotopic (exact) mass is 404 g/mol. The van der Waals surface area contributed by atoms with Crippen molar-refractivity contribution in [1.29, 1.82) is 0 Å². The molecule has 2 aromatic rings. The first-order valence-corrected chi connectivity index (χ1v) is 9.20. The fourth-order valence-electron chi connectivity index (χ4n) is 2.73. The molecule has 0 unspecified atom stereocenters. The average molecular weight is 404 g/mol. The number of hydrogen-bond acceptors (Lipinski definition) is 5. The van der Waals surface area contributed by atoms with Crippen molar-refractivity contribution in [2.75, 3.05) is 5.32 Å². The van der Waals surface area contributed by atoms with Crippen LogP contribution < -0.4 is 10.8 Å². The van der Waals surface area contributed by atoms with Gasteiger partial charge in [0.15, 0.2) is 0 Å². The van der Waals surface area contributed by atoms with E-state index in [2.05, 4.69) is 10.3 Å². The molecule has 6 nitrogen and oxygen atoms in total. The van der Waals surface area contributed by atoms with Crippen molar-refractivity contribution in [1.82, 2.24) is 4.98 Å². The Labute approximate surface area is 168 Å². The molecule has 1 amide bonds. The summed E-state index contributed by atoms with van der Waals surface area (Å²) in [5, 5.41) is 2.28. The van der Waals surface area contributed by atoms with Crippen molar-refractivity contribution in [2.45, 2.75) is 51.9 Å². The predicted molar refractivity (Wildman–Crippen MR) is 105 cm³/mol. The summed E-state index contributed by atoms with van der Waals surface area (Å²) >= 11 is 0. The number of amides is 1. The van der Waals surface area contributed by atoms with Gasteiger partial charge < -0.3 is 14.0 Å². The largest absolute Gasteiger partial charge is 0.496 e. The van der Waals surface area contributed by atoms with Crippen LogP contribution >= 0.6 is 0 Å². The van der Waals surface area contributed by atoms with Crippen LogP contribution in [0.15, 0.2) is 42.6 Å². The summed E-state index contributed by atoms with van der Waals surface area (Å²) < 4.78 is 44.0. The van der Waals surface area contributed by atoms with Crippen molar-refractivity contribution in [3.8, 4) is 0 Å². The molecule has 0 spiro atoms. The maximum atomic E-state index is 13.6. The zero-order valence-corrected chi connectivity index (χ0v) is 16.7. The van der Waals surface area contributed by atoms with Gasteiger partial charge in [0.05, 0.1) is 16.8 Å². The first-order valence-electron chi connectivity index (χ1n) is 9.20. The van der Waals surface area contributed by atoms with E-state index in [0.717, 1.165) is 5.56 Å². The Morgan fingerprint density at radius 3 is 2.38 bits per heavy atom. The third-order valence-electron chi connectivity index (χ3n) is 5.13. The van der Waals surface area contributed by atoms with E-state index < -0.39 is 36.4 Å². The summed E-state index contributed by atoms with van der Waals surface area (Å²) in [5.41, 5.74) is -0.529. The summed E-state index contributed by atoms with van der Waals surface area (Å²) in [6.07, 6.45) is -2.37. The molecule has 1 aromatic heterocycles. The average Bonchev–Trinajstić information content (AvgIpc) is 2.88. The van der Waals surface area contributed by atoms with Gasteiger partial charge in [0.2, 0.25) is 0 Å². The Kier molecular flexibility index (Phi) is 5.91. The lowest BCUT2D eigenvalue weighted by molar-refractivity contribution is 0.00578. The van der Waals surface area contributed by atoms with E-state index in [0.29, 0.717) is 5.46 Å². The van der Waals surface area contributed by atoms with Gasteiger partial charge in [0, 0.05) is 11.7 Å². The summed E-state index contributed by atoms with van der Waals surface area (Å²) in [7, 11) is -0.830. The molecule has 1 aliphatic heterocycles. The first kappa shape index (κ1) is 21.2. The number of nitrogens with one attached hydrogen (secondary N) is 1. The van der Waals surface area contributed by atoms with E-state index in [1.165, 1.54) is 12.3 Å². The molecule has 1 N–H and O–H groups in total. The standard InChI is InChI=1S/C20H23BF2N2O4/c1-19(2)20(3,4)29-21(28-19)14-10-15(16(22)23)17(24-11-14)25-18(26)27-12-13-8-6-5-7-9-13/h5-11,16H,12H2,1-4H3,(H,24,25,26). The summed E-state index contributed by atoms with van der Waals surface area (Å²) in [4.78, 5) is 16.0. The zero-order valence-electron chi connectivity index (χ0n) is 16.7. The second-order valence-electron chi connectivity index (χ2n) is 7.78. The van der Waals surface area contributed by atoms with E-state index in [9.17, 15) is 13.6 Å². The molecule has 0 radical (unpaired) electrons. The number of ether oxygens (including phenoxy) is 1.